The third-order valence-electron chi connectivity index (χ3n) is 4.03. The van der Waals surface area contributed by atoms with Crippen molar-refractivity contribution < 1.29 is 0 Å². The van der Waals surface area contributed by atoms with Gasteiger partial charge in [0.2, 0.25) is 4.96 Å². The molecule has 0 amide bonds. The van der Waals surface area contributed by atoms with Crippen molar-refractivity contribution in [2.24, 2.45) is 0 Å². The Bertz CT molecular complexity index is 949. The van der Waals surface area contributed by atoms with E-state index in [9.17, 15) is 4.79 Å². The number of fused-ring (bicyclic) bond motifs is 2. The van der Waals surface area contributed by atoms with Crippen molar-refractivity contribution in [1.82, 2.24) is 19.5 Å². The highest BCUT2D eigenvalue weighted by molar-refractivity contribution is 7.16. The van der Waals surface area contributed by atoms with E-state index in [0.717, 1.165) is 41.8 Å². The van der Waals surface area contributed by atoms with Crippen LogP contribution in [0.4, 0.5) is 0 Å². The monoisotopic (exact) mass is 346 g/mol. The summed E-state index contributed by atoms with van der Waals surface area (Å²) in [5, 5.41) is 6.12. The fraction of sp³-hybridized carbons (Fsp3) is 0.312. The molecule has 4 rings (SSSR count). The number of aryl methyl sites for hydroxylation is 1. The van der Waals surface area contributed by atoms with Crippen molar-refractivity contribution in [3.63, 3.8) is 0 Å². The molecule has 1 aliphatic rings. The second-order valence-corrected chi connectivity index (χ2v) is 7.28. The van der Waals surface area contributed by atoms with Gasteiger partial charge in [-0.1, -0.05) is 29.0 Å². The lowest BCUT2D eigenvalue weighted by molar-refractivity contribution is 0.244. The summed E-state index contributed by atoms with van der Waals surface area (Å²) in [6.07, 6.45) is 0.984. The Morgan fingerprint density at radius 2 is 2.17 bits per heavy atom. The van der Waals surface area contributed by atoms with Gasteiger partial charge in [-0.15, -0.1) is 0 Å². The van der Waals surface area contributed by atoms with Crippen molar-refractivity contribution in [2.75, 3.05) is 6.54 Å². The molecular weight excluding hydrogens is 332 g/mol. The van der Waals surface area contributed by atoms with Gasteiger partial charge in [0.1, 0.15) is 5.01 Å². The van der Waals surface area contributed by atoms with E-state index >= 15 is 0 Å². The van der Waals surface area contributed by atoms with Crippen LogP contribution in [0.1, 0.15) is 21.8 Å². The first-order chi connectivity index (χ1) is 11.1. The zero-order valence-electron chi connectivity index (χ0n) is 12.6. The van der Waals surface area contributed by atoms with E-state index < -0.39 is 0 Å². The number of aromatic nitrogens is 3. The molecule has 1 aliphatic heterocycles. The van der Waals surface area contributed by atoms with Crippen LogP contribution in [0.5, 0.6) is 0 Å². The first-order valence-corrected chi connectivity index (χ1v) is 8.64. The van der Waals surface area contributed by atoms with Gasteiger partial charge < -0.3 is 0 Å². The Balaban J connectivity index is 1.58. The van der Waals surface area contributed by atoms with E-state index in [4.69, 9.17) is 11.6 Å². The fourth-order valence-corrected chi connectivity index (χ4v) is 4.11. The summed E-state index contributed by atoms with van der Waals surface area (Å²) in [7, 11) is 0. The van der Waals surface area contributed by atoms with Gasteiger partial charge >= 0.3 is 0 Å². The van der Waals surface area contributed by atoms with Crippen LogP contribution >= 0.6 is 22.9 Å². The molecule has 0 N–H and O–H groups in total. The molecule has 1 aromatic carbocycles. The summed E-state index contributed by atoms with van der Waals surface area (Å²) in [5.74, 6) is 0. The molecule has 5 nitrogen and oxygen atoms in total. The zero-order valence-corrected chi connectivity index (χ0v) is 14.2. The molecular formula is C16H15ClN4OS. The number of nitrogens with zero attached hydrogens (tertiary/aromatic N) is 4. The summed E-state index contributed by atoms with van der Waals surface area (Å²) < 4.78 is 1.39. The van der Waals surface area contributed by atoms with Gasteiger partial charge in [-0.2, -0.15) is 9.61 Å². The highest BCUT2D eigenvalue weighted by Gasteiger charge is 2.18. The summed E-state index contributed by atoms with van der Waals surface area (Å²) in [5.41, 5.74) is 3.25. The second-order valence-electron chi connectivity index (χ2n) is 5.80. The third kappa shape index (κ3) is 2.89. The van der Waals surface area contributed by atoms with Crippen molar-refractivity contribution >= 4 is 27.9 Å². The molecule has 0 spiro atoms. The Morgan fingerprint density at radius 1 is 1.30 bits per heavy atom. The van der Waals surface area contributed by atoms with Crippen molar-refractivity contribution in [3.8, 4) is 0 Å². The van der Waals surface area contributed by atoms with Gasteiger partial charge in [0, 0.05) is 29.9 Å². The SMILES string of the molecule is Cc1cc(=O)n2nc(CN3CCc4cc(Cl)ccc4C3)sc2n1. The Morgan fingerprint density at radius 3 is 3.04 bits per heavy atom. The largest absolute Gasteiger partial charge is 0.292 e. The van der Waals surface area contributed by atoms with E-state index in [-0.39, 0.29) is 5.56 Å². The van der Waals surface area contributed by atoms with E-state index in [1.165, 1.54) is 33.0 Å². The van der Waals surface area contributed by atoms with Crippen LogP contribution in [0.15, 0.2) is 29.1 Å². The number of hydrogen-bond acceptors (Lipinski definition) is 5. The molecule has 7 heteroatoms. The average molecular weight is 347 g/mol. The van der Waals surface area contributed by atoms with E-state index in [1.807, 2.05) is 13.0 Å². The number of benzene rings is 1. The predicted octanol–water partition coefficient (Wildman–Crippen LogP) is 2.67. The molecule has 2 aromatic heterocycles. The molecule has 3 aromatic rings. The van der Waals surface area contributed by atoms with Crippen LogP contribution in [-0.4, -0.2) is 26.0 Å². The molecule has 0 atom stereocenters. The zero-order chi connectivity index (χ0) is 16.0. The van der Waals surface area contributed by atoms with Gasteiger partial charge in [-0.05, 0) is 36.6 Å². The lowest BCUT2D eigenvalue weighted by Gasteiger charge is -2.27. The highest BCUT2D eigenvalue weighted by Crippen LogP contribution is 2.24. The maximum atomic E-state index is 11.9. The Labute approximate surface area is 142 Å². The van der Waals surface area contributed by atoms with E-state index in [0.29, 0.717) is 4.96 Å². The summed E-state index contributed by atoms with van der Waals surface area (Å²) >= 11 is 7.54. The van der Waals surface area contributed by atoms with Crippen molar-refractivity contribution in [2.45, 2.75) is 26.4 Å². The first kappa shape index (κ1) is 14.8. The number of rotatable bonds is 2. The Hall–Kier alpha value is -1.76. The van der Waals surface area contributed by atoms with Crippen molar-refractivity contribution in [1.29, 1.82) is 0 Å². The second kappa shape index (κ2) is 5.70. The Kier molecular flexibility index (Phi) is 3.67. The number of halogens is 1. The quantitative estimate of drug-likeness (QED) is 0.716. The molecule has 0 saturated carbocycles. The third-order valence-corrected chi connectivity index (χ3v) is 5.16. The smallest absolute Gasteiger partial charge is 0.275 e. The minimum absolute atomic E-state index is 0.117. The molecule has 0 bridgehead atoms. The summed E-state index contributed by atoms with van der Waals surface area (Å²) in [6, 6.07) is 7.60. The molecule has 23 heavy (non-hydrogen) atoms. The standard InChI is InChI=1S/C16H15ClN4OS/c1-10-6-15(22)21-16(18-10)23-14(19-21)9-20-5-4-11-7-13(17)3-2-12(11)8-20/h2-3,6-7H,4-5,8-9H2,1H3. The molecule has 0 aliphatic carbocycles. The van der Waals surface area contributed by atoms with E-state index in [2.05, 4.69) is 27.1 Å². The van der Waals surface area contributed by atoms with E-state index in [1.54, 1.807) is 0 Å². The van der Waals surface area contributed by atoms with Crippen LogP contribution in [0.25, 0.3) is 4.96 Å². The van der Waals surface area contributed by atoms with Crippen LogP contribution in [-0.2, 0) is 19.5 Å². The molecule has 0 fully saturated rings. The van der Waals surface area contributed by atoms with Gasteiger partial charge in [0.15, 0.2) is 0 Å². The van der Waals surface area contributed by atoms with Crippen molar-refractivity contribution in [3.05, 3.63) is 61.5 Å². The molecule has 0 radical (unpaired) electrons. The lowest BCUT2D eigenvalue weighted by Crippen LogP contribution is -2.30. The maximum absolute atomic E-state index is 11.9. The minimum Gasteiger partial charge on any atom is -0.292 e. The van der Waals surface area contributed by atoms with Crippen LogP contribution < -0.4 is 5.56 Å². The molecule has 118 valence electrons. The highest BCUT2D eigenvalue weighted by atomic mass is 35.5. The normalized spacial score (nSPS) is 15.0. The lowest BCUT2D eigenvalue weighted by atomic mass is 10.00. The van der Waals surface area contributed by atoms with Gasteiger partial charge in [-0.3, -0.25) is 9.69 Å². The average Bonchev–Trinajstić information content (AvgIpc) is 2.90. The van der Waals surface area contributed by atoms with Crippen LogP contribution in [0, 0.1) is 6.92 Å². The molecule has 3 heterocycles. The summed E-state index contributed by atoms with van der Waals surface area (Å²) in [4.78, 5) is 19.3. The van der Waals surface area contributed by atoms with Crippen LogP contribution in [0.3, 0.4) is 0 Å². The number of hydrogen-bond donors (Lipinski definition) is 0. The molecule has 0 unspecified atom stereocenters. The fourth-order valence-electron chi connectivity index (χ4n) is 2.93. The molecule has 0 saturated heterocycles. The van der Waals surface area contributed by atoms with Crippen LogP contribution in [0.2, 0.25) is 5.02 Å². The van der Waals surface area contributed by atoms with Gasteiger partial charge in [0.25, 0.3) is 5.56 Å². The minimum atomic E-state index is -0.117. The first-order valence-electron chi connectivity index (χ1n) is 7.44. The summed E-state index contributed by atoms with van der Waals surface area (Å²) in [6.45, 7) is 4.40. The van der Waals surface area contributed by atoms with Gasteiger partial charge in [-0.25, -0.2) is 4.98 Å². The predicted molar refractivity (Wildman–Crippen MR) is 91.1 cm³/mol. The topological polar surface area (TPSA) is 50.5 Å². The maximum Gasteiger partial charge on any atom is 0.275 e. The van der Waals surface area contributed by atoms with Gasteiger partial charge in [0.05, 0.1) is 6.54 Å².